The van der Waals surface area contributed by atoms with Crippen molar-refractivity contribution >= 4 is 15.9 Å². The van der Waals surface area contributed by atoms with Crippen LogP contribution < -0.4 is 10.5 Å². The number of hydrogen-bond acceptors (Lipinski definition) is 3. The first-order chi connectivity index (χ1) is 8.60. The van der Waals surface area contributed by atoms with E-state index in [1.165, 1.54) is 0 Å². The molecule has 4 heteroatoms. The molecule has 0 aliphatic heterocycles. The van der Waals surface area contributed by atoms with Crippen molar-refractivity contribution in [3.05, 3.63) is 51.4 Å². The molecule has 0 aliphatic carbocycles. The fourth-order valence-corrected chi connectivity index (χ4v) is 1.98. The Kier molecular flexibility index (Phi) is 4.09. The van der Waals surface area contributed by atoms with Crippen LogP contribution in [-0.4, -0.2) is 0 Å². The first-order valence-corrected chi connectivity index (χ1v) is 6.56. The average molecular weight is 310 g/mol. The molecule has 1 aromatic carbocycles. The summed E-state index contributed by atoms with van der Waals surface area (Å²) in [6.45, 7) is 4.92. The Morgan fingerprint density at radius 2 is 1.78 bits per heavy atom. The summed E-state index contributed by atoms with van der Waals surface area (Å²) in [5, 5.41) is 0. The molecule has 18 heavy (non-hydrogen) atoms. The van der Waals surface area contributed by atoms with Crippen LogP contribution in [0.4, 0.5) is 0 Å². The van der Waals surface area contributed by atoms with E-state index in [0.29, 0.717) is 13.2 Å². The van der Waals surface area contributed by atoms with Gasteiger partial charge in [-0.3, -0.25) is 0 Å². The molecular formula is C14H16BrNO2. The lowest BCUT2D eigenvalue weighted by Gasteiger charge is -2.09. The molecule has 0 unspecified atom stereocenters. The number of aryl methyl sites for hydroxylation is 2. The Labute approximate surface area is 115 Å². The highest BCUT2D eigenvalue weighted by atomic mass is 79.9. The maximum atomic E-state index is 5.71. The zero-order valence-corrected chi connectivity index (χ0v) is 12.1. The minimum atomic E-state index is 0.413. The van der Waals surface area contributed by atoms with E-state index in [4.69, 9.17) is 14.9 Å². The first kappa shape index (κ1) is 13.2. The Balaban J connectivity index is 2.06. The van der Waals surface area contributed by atoms with Crippen LogP contribution in [0.15, 0.2) is 33.2 Å². The van der Waals surface area contributed by atoms with Crippen LogP contribution in [-0.2, 0) is 13.2 Å². The van der Waals surface area contributed by atoms with Crippen molar-refractivity contribution in [1.82, 2.24) is 0 Å². The van der Waals surface area contributed by atoms with Gasteiger partial charge in [0.05, 0.1) is 6.54 Å². The van der Waals surface area contributed by atoms with Crippen molar-refractivity contribution in [1.29, 1.82) is 0 Å². The second-order valence-electron chi connectivity index (χ2n) is 4.23. The lowest BCUT2D eigenvalue weighted by Crippen LogP contribution is -1.96. The summed E-state index contributed by atoms with van der Waals surface area (Å²) in [4.78, 5) is 0. The van der Waals surface area contributed by atoms with E-state index < -0.39 is 0 Å². The van der Waals surface area contributed by atoms with Gasteiger partial charge in [-0.1, -0.05) is 15.9 Å². The number of rotatable bonds is 4. The number of hydrogen-bond donors (Lipinski definition) is 1. The molecule has 0 fully saturated rings. The van der Waals surface area contributed by atoms with Gasteiger partial charge < -0.3 is 14.9 Å². The van der Waals surface area contributed by atoms with Crippen molar-refractivity contribution in [2.24, 2.45) is 5.73 Å². The standard InChI is InChI=1S/C14H16BrNO2/c1-9-5-13(6-10(2)14(9)15)17-8-12-4-3-11(7-16)18-12/h3-6H,7-8,16H2,1-2H3. The van der Waals surface area contributed by atoms with Crippen molar-refractivity contribution in [2.45, 2.75) is 27.0 Å². The molecule has 0 bridgehead atoms. The number of ether oxygens (including phenoxy) is 1. The zero-order valence-electron chi connectivity index (χ0n) is 10.5. The molecule has 0 saturated carbocycles. The van der Waals surface area contributed by atoms with Crippen LogP contribution in [0.25, 0.3) is 0 Å². The van der Waals surface area contributed by atoms with Crippen LogP contribution >= 0.6 is 15.9 Å². The smallest absolute Gasteiger partial charge is 0.146 e. The predicted molar refractivity (Wildman–Crippen MR) is 74.5 cm³/mol. The van der Waals surface area contributed by atoms with E-state index >= 15 is 0 Å². The minimum Gasteiger partial charge on any atom is -0.486 e. The Morgan fingerprint density at radius 1 is 1.17 bits per heavy atom. The van der Waals surface area contributed by atoms with Crippen molar-refractivity contribution in [3.8, 4) is 5.75 Å². The Bertz CT molecular complexity index is 525. The molecule has 0 amide bonds. The second-order valence-corrected chi connectivity index (χ2v) is 5.02. The van der Waals surface area contributed by atoms with Crippen LogP contribution in [0.2, 0.25) is 0 Å². The zero-order chi connectivity index (χ0) is 13.1. The predicted octanol–water partition coefficient (Wildman–Crippen LogP) is 3.70. The van der Waals surface area contributed by atoms with Crippen molar-refractivity contribution in [3.63, 3.8) is 0 Å². The van der Waals surface area contributed by atoms with E-state index in [0.717, 1.165) is 32.9 Å². The number of furan rings is 1. The van der Waals surface area contributed by atoms with Gasteiger partial charge in [-0.05, 0) is 49.2 Å². The summed E-state index contributed by atoms with van der Waals surface area (Å²) in [6.07, 6.45) is 0. The molecule has 96 valence electrons. The highest BCUT2D eigenvalue weighted by Crippen LogP contribution is 2.26. The molecule has 0 radical (unpaired) electrons. The van der Waals surface area contributed by atoms with E-state index in [1.54, 1.807) is 0 Å². The molecule has 1 heterocycles. The highest BCUT2D eigenvalue weighted by Gasteiger charge is 2.05. The van der Waals surface area contributed by atoms with Gasteiger partial charge in [-0.25, -0.2) is 0 Å². The normalized spacial score (nSPS) is 10.7. The average Bonchev–Trinajstić information content (AvgIpc) is 2.81. The summed E-state index contributed by atoms with van der Waals surface area (Å²) < 4.78 is 12.3. The lowest BCUT2D eigenvalue weighted by atomic mass is 10.1. The third-order valence-corrected chi connectivity index (χ3v) is 3.96. The van der Waals surface area contributed by atoms with E-state index in [2.05, 4.69) is 15.9 Å². The molecule has 2 rings (SSSR count). The fourth-order valence-electron chi connectivity index (χ4n) is 1.75. The number of benzene rings is 1. The van der Waals surface area contributed by atoms with Crippen LogP contribution in [0, 0.1) is 13.8 Å². The van der Waals surface area contributed by atoms with Crippen molar-refractivity contribution < 1.29 is 9.15 Å². The van der Waals surface area contributed by atoms with Gasteiger partial charge in [0.2, 0.25) is 0 Å². The van der Waals surface area contributed by atoms with Gasteiger partial charge >= 0.3 is 0 Å². The largest absolute Gasteiger partial charge is 0.486 e. The summed E-state index contributed by atoms with van der Waals surface area (Å²) in [6, 6.07) is 7.77. The summed E-state index contributed by atoms with van der Waals surface area (Å²) in [5.74, 6) is 2.41. The molecular weight excluding hydrogens is 294 g/mol. The summed E-state index contributed by atoms with van der Waals surface area (Å²) >= 11 is 3.53. The SMILES string of the molecule is Cc1cc(OCc2ccc(CN)o2)cc(C)c1Br. The lowest BCUT2D eigenvalue weighted by molar-refractivity contribution is 0.266. The van der Waals surface area contributed by atoms with Gasteiger partial charge in [0.1, 0.15) is 23.9 Å². The minimum absolute atomic E-state index is 0.413. The quantitative estimate of drug-likeness (QED) is 0.937. The number of halogens is 1. The third kappa shape index (κ3) is 2.94. The third-order valence-electron chi connectivity index (χ3n) is 2.71. The van der Waals surface area contributed by atoms with Crippen LogP contribution in [0.3, 0.4) is 0 Å². The summed E-state index contributed by atoms with van der Waals surface area (Å²) in [7, 11) is 0. The summed E-state index contributed by atoms with van der Waals surface area (Å²) in [5.41, 5.74) is 7.81. The molecule has 0 atom stereocenters. The highest BCUT2D eigenvalue weighted by molar-refractivity contribution is 9.10. The second kappa shape index (κ2) is 5.59. The van der Waals surface area contributed by atoms with Gasteiger partial charge in [0.25, 0.3) is 0 Å². The monoisotopic (exact) mass is 309 g/mol. The molecule has 0 aliphatic rings. The van der Waals surface area contributed by atoms with Gasteiger partial charge in [0.15, 0.2) is 0 Å². The fraction of sp³-hybridized carbons (Fsp3) is 0.286. The van der Waals surface area contributed by atoms with Crippen LogP contribution in [0.5, 0.6) is 5.75 Å². The Hall–Kier alpha value is -1.26. The molecule has 2 aromatic rings. The Morgan fingerprint density at radius 3 is 2.33 bits per heavy atom. The van der Waals surface area contributed by atoms with Gasteiger partial charge in [-0.15, -0.1) is 0 Å². The molecule has 2 N–H and O–H groups in total. The number of nitrogens with two attached hydrogens (primary N) is 1. The molecule has 3 nitrogen and oxygen atoms in total. The van der Waals surface area contributed by atoms with Crippen molar-refractivity contribution in [2.75, 3.05) is 0 Å². The molecule has 0 saturated heterocycles. The van der Waals surface area contributed by atoms with E-state index in [1.807, 2.05) is 38.1 Å². The van der Waals surface area contributed by atoms with Gasteiger partial charge in [-0.2, -0.15) is 0 Å². The maximum Gasteiger partial charge on any atom is 0.146 e. The van der Waals surface area contributed by atoms with Crippen LogP contribution in [0.1, 0.15) is 22.6 Å². The van der Waals surface area contributed by atoms with E-state index in [9.17, 15) is 0 Å². The molecule has 0 spiro atoms. The maximum absolute atomic E-state index is 5.71. The van der Waals surface area contributed by atoms with E-state index in [-0.39, 0.29) is 0 Å². The van der Waals surface area contributed by atoms with Gasteiger partial charge in [0, 0.05) is 4.47 Å². The first-order valence-electron chi connectivity index (χ1n) is 5.77. The molecule has 1 aromatic heterocycles. The topological polar surface area (TPSA) is 48.4 Å².